The summed E-state index contributed by atoms with van der Waals surface area (Å²) in [4.78, 5) is 119. The Morgan fingerprint density at radius 2 is 0.538 bits per heavy atom. The molecule has 16 heteroatoms. The van der Waals surface area contributed by atoms with Gasteiger partial charge in [-0.25, -0.2) is 9.59 Å². The molecule has 0 radical (unpaired) electrons. The van der Waals surface area contributed by atoms with Gasteiger partial charge in [-0.15, -0.1) is 0 Å². The molecule has 0 aliphatic carbocycles. The molecule has 5 amide bonds. The van der Waals surface area contributed by atoms with Crippen molar-refractivity contribution < 1.29 is 52.6 Å². The number of unbranched alkanes of at least 4 members (excludes halogenated alkanes) is 26. The second-order valence-electron chi connectivity index (χ2n) is 26.3. The Labute approximate surface area is 556 Å². The Morgan fingerprint density at radius 1 is 0.275 bits per heavy atom. The lowest BCUT2D eigenvalue weighted by Crippen LogP contribution is -2.52. The zero-order valence-corrected chi connectivity index (χ0v) is 60.6. The summed E-state index contributed by atoms with van der Waals surface area (Å²) < 4.78 is 9.91. The molecular formula is C75H141N5O11. The molecule has 0 heterocycles. The van der Waals surface area contributed by atoms with Crippen molar-refractivity contribution in [1.82, 2.24) is 26.6 Å². The maximum absolute atomic E-state index is 14.0. The molecular weight excluding hydrogens is 1150 g/mol. The van der Waals surface area contributed by atoms with Gasteiger partial charge in [0, 0.05) is 37.0 Å². The van der Waals surface area contributed by atoms with Gasteiger partial charge in [-0.1, -0.05) is 288 Å². The normalized spacial score (nSPS) is 13.8. The van der Waals surface area contributed by atoms with Crippen LogP contribution in [0, 0.1) is 17.8 Å². The molecule has 8 atom stereocenters. The average molecular weight is 1290 g/mol. The Bertz CT molecular complexity index is 1880. The fourth-order valence-corrected chi connectivity index (χ4v) is 11.6. The van der Waals surface area contributed by atoms with Crippen molar-refractivity contribution in [2.45, 2.75) is 395 Å². The lowest BCUT2D eigenvalue weighted by atomic mass is 9.90. The van der Waals surface area contributed by atoms with Crippen LogP contribution in [0.2, 0.25) is 0 Å². The molecule has 0 fully saturated rings. The van der Waals surface area contributed by atoms with Crippen LogP contribution in [0.25, 0.3) is 0 Å². The zero-order chi connectivity index (χ0) is 68.3. The molecule has 0 aliphatic rings. The number of carbonyl (C=O) groups excluding carboxylic acids is 9. The van der Waals surface area contributed by atoms with Gasteiger partial charge in [0.05, 0.1) is 26.3 Å². The van der Waals surface area contributed by atoms with Crippen LogP contribution in [-0.4, -0.2) is 97.5 Å². The molecule has 0 bridgehead atoms. The van der Waals surface area contributed by atoms with Crippen LogP contribution in [0.1, 0.15) is 365 Å². The number of amides is 5. The van der Waals surface area contributed by atoms with Gasteiger partial charge in [-0.3, -0.25) is 33.6 Å². The second kappa shape index (κ2) is 61.8. The van der Waals surface area contributed by atoms with E-state index in [1.165, 1.54) is 65.6 Å². The van der Waals surface area contributed by atoms with E-state index in [0.29, 0.717) is 51.4 Å². The summed E-state index contributed by atoms with van der Waals surface area (Å²) in [6.45, 7) is 21.0. The number of carbonyl (C=O) groups is 9. The number of rotatable bonds is 61. The number of ether oxygens (including phenoxy) is 2. The highest BCUT2D eigenvalue weighted by Crippen LogP contribution is 2.23. The minimum Gasteiger partial charge on any atom is -0.467 e. The van der Waals surface area contributed by atoms with E-state index >= 15 is 0 Å². The number of hydrogen-bond donors (Lipinski definition) is 5. The van der Waals surface area contributed by atoms with Gasteiger partial charge >= 0.3 is 11.9 Å². The molecule has 0 spiro atoms. The van der Waals surface area contributed by atoms with Crippen molar-refractivity contribution in [3.63, 3.8) is 0 Å². The highest BCUT2D eigenvalue weighted by molar-refractivity contribution is 5.96. The van der Waals surface area contributed by atoms with Crippen molar-refractivity contribution in [3.8, 4) is 0 Å². The third-order valence-electron chi connectivity index (χ3n) is 17.8. The quantitative estimate of drug-likeness (QED) is 0.0284. The van der Waals surface area contributed by atoms with E-state index in [9.17, 15) is 43.2 Å². The molecule has 0 saturated heterocycles. The summed E-state index contributed by atoms with van der Waals surface area (Å²) in [6.07, 6.45) is 40.8. The summed E-state index contributed by atoms with van der Waals surface area (Å²) in [7, 11) is 2.65. The van der Waals surface area contributed by atoms with Crippen LogP contribution >= 0.6 is 0 Å². The SMILES string of the molecule is CCCCCCCCCCCCCC(=O)N[C@@H](CCCCC)C(=O)N[C@@H](CCCCC)C(=O)C[C@@H](CCCCC)C(=O)N[C@@H](CCCCC)C(=O)OC.CCCCC[C@H](CC(=O)[C@H](CCCCC)NC(=O)[C@@H](C)CCCCC)C(=O)N[C@@H](CCCCC)C(=O)OC. The molecule has 0 aromatic heterocycles. The molecule has 0 aromatic carbocycles. The molecule has 0 aromatic rings. The topological polar surface area (TPSA) is 232 Å². The largest absolute Gasteiger partial charge is 0.467 e. The summed E-state index contributed by atoms with van der Waals surface area (Å²) in [6, 6.07) is -3.47. The average Bonchev–Trinajstić information content (AvgIpc) is 3.07. The van der Waals surface area contributed by atoms with E-state index in [1.807, 2.05) is 6.92 Å². The van der Waals surface area contributed by atoms with E-state index in [2.05, 4.69) is 88.9 Å². The molecule has 0 unspecified atom stereocenters. The van der Waals surface area contributed by atoms with E-state index in [0.717, 1.165) is 180 Å². The minimum absolute atomic E-state index is 0.0127. The van der Waals surface area contributed by atoms with Gasteiger partial charge in [-0.05, 0) is 57.8 Å². The molecule has 0 saturated carbocycles. The van der Waals surface area contributed by atoms with E-state index in [4.69, 9.17) is 9.47 Å². The van der Waals surface area contributed by atoms with Crippen molar-refractivity contribution in [1.29, 1.82) is 0 Å². The lowest BCUT2D eigenvalue weighted by Gasteiger charge is -2.25. The first-order chi connectivity index (χ1) is 43.9. The minimum atomic E-state index is -0.750. The van der Waals surface area contributed by atoms with Gasteiger partial charge in [0.15, 0.2) is 11.6 Å². The number of methoxy groups -OCH3 is 2. The first kappa shape index (κ1) is 88.7. The molecule has 0 aliphatic heterocycles. The van der Waals surface area contributed by atoms with Crippen molar-refractivity contribution >= 4 is 53.0 Å². The number of Topliss-reactive ketones (excluding diaryl/α,β-unsaturated/α-hetero) is 2. The summed E-state index contributed by atoms with van der Waals surface area (Å²) in [5.41, 5.74) is 0. The Kier molecular flexibility index (Phi) is 60.2. The monoisotopic (exact) mass is 1290 g/mol. The summed E-state index contributed by atoms with van der Waals surface area (Å²) >= 11 is 0. The van der Waals surface area contributed by atoms with Crippen LogP contribution in [0.4, 0.5) is 0 Å². The lowest BCUT2D eigenvalue weighted by molar-refractivity contribution is -0.146. The van der Waals surface area contributed by atoms with Crippen LogP contribution in [0.5, 0.6) is 0 Å². The number of hydrogen-bond acceptors (Lipinski definition) is 11. The molecule has 91 heavy (non-hydrogen) atoms. The Balaban J connectivity index is 0. The fraction of sp³-hybridized carbons (Fsp3) is 0.880. The predicted molar refractivity (Wildman–Crippen MR) is 373 cm³/mol. The van der Waals surface area contributed by atoms with Gasteiger partial charge < -0.3 is 36.1 Å². The number of nitrogens with one attached hydrogen (secondary N) is 5. The Hall–Kier alpha value is -4.37. The number of ketones is 2. The number of esters is 2. The predicted octanol–water partition coefficient (Wildman–Crippen LogP) is 16.9. The van der Waals surface area contributed by atoms with Gasteiger partial charge in [-0.2, -0.15) is 0 Å². The standard InChI is InChI=1S/C44H83N3O6.C31H58N2O5/c1-7-12-17-18-19-20-21-22-23-24-29-34-41(49)45-38(32-27-15-10-4)43(51)46-37(31-26-14-9-3)40(48)35-36(30-25-13-8-2)42(50)47-39(44(52)53-6)33-28-16-11-5;1-7-11-15-19-24(5)29(35)32-26(21-17-13-9-3)28(34)23-25(20-16-12-8-2)30(36)33-27(31(37)38-6)22-18-14-10-4/h36-39H,7-35H2,1-6H3,(H,45,49)(H,46,51)(H,47,50);24-27H,7-23H2,1-6H3,(H,32,35)(H,33,36)/t36-,37+,38+,39+;24-,25+,26-,27-/m10/s1. The maximum Gasteiger partial charge on any atom is 0.328 e. The third kappa shape index (κ3) is 47.2. The van der Waals surface area contributed by atoms with E-state index < -0.39 is 54.0 Å². The maximum atomic E-state index is 14.0. The third-order valence-corrected chi connectivity index (χ3v) is 17.8. The van der Waals surface area contributed by atoms with Crippen LogP contribution in [-0.2, 0) is 52.6 Å². The first-order valence-corrected chi connectivity index (χ1v) is 37.6. The highest BCUT2D eigenvalue weighted by atomic mass is 16.5. The van der Waals surface area contributed by atoms with Crippen LogP contribution in [0.3, 0.4) is 0 Å². The van der Waals surface area contributed by atoms with Crippen LogP contribution in [0.15, 0.2) is 0 Å². The molecule has 16 nitrogen and oxygen atoms in total. The van der Waals surface area contributed by atoms with Gasteiger partial charge in [0.25, 0.3) is 0 Å². The molecule has 5 N–H and O–H groups in total. The van der Waals surface area contributed by atoms with E-state index in [1.54, 1.807) is 0 Å². The van der Waals surface area contributed by atoms with Gasteiger partial charge in [0.2, 0.25) is 29.5 Å². The van der Waals surface area contributed by atoms with Crippen LogP contribution < -0.4 is 26.6 Å². The zero-order valence-electron chi connectivity index (χ0n) is 60.6. The van der Waals surface area contributed by atoms with E-state index in [-0.39, 0.29) is 59.9 Å². The van der Waals surface area contributed by atoms with Crippen molar-refractivity contribution in [3.05, 3.63) is 0 Å². The molecule has 532 valence electrons. The van der Waals surface area contributed by atoms with Gasteiger partial charge in [0.1, 0.15) is 18.1 Å². The second-order valence-corrected chi connectivity index (χ2v) is 26.3. The first-order valence-electron chi connectivity index (χ1n) is 37.6. The highest BCUT2D eigenvalue weighted by Gasteiger charge is 2.33. The van der Waals surface area contributed by atoms with Crippen molar-refractivity contribution in [2.75, 3.05) is 14.2 Å². The summed E-state index contributed by atoms with van der Waals surface area (Å²) in [5.74, 6) is -3.56. The van der Waals surface area contributed by atoms with Crippen molar-refractivity contribution in [2.24, 2.45) is 17.8 Å². The molecule has 0 rings (SSSR count). The summed E-state index contributed by atoms with van der Waals surface area (Å²) in [5, 5.41) is 14.8. The fourth-order valence-electron chi connectivity index (χ4n) is 11.6. The Morgan fingerprint density at radius 3 is 0.879 bits per heavy atom. The smallest absolute Gasteiger partial charge is 0.328 e.